The number of hydrogen-bond donors (Lipinski definition) is 4. The Morgan fingerprint density at radius 3 is 2.89 bits per heavy atom. The number of nitrogens with one attached hydrogen (secondary N) is 3. The van der Waals surface area contributed by atoms with Gasteiger partial charge in [-0.2, -0.15) is 0 Å². The lowest BCUT2D eigenvalue weighted by Gasteiger charge is -2.26. The average molecular weight is 383 g/mol. The molecule has 0 aliphatic carbocycles. The van der Waals surface area contributed by atoms with Crippen molar-refractivity contribution < 1.29 is 9.53 Å². The lowest BCUT2D eigenvalue weighted by molar-refractivity contribution is 0.0375. The zero-order chi connectivity index (χ0) is 19.8. The molecule has 3 heterocycles. The second-order valence-electron chi connectivity index (χ2n) is 6.41. The predicted octanol–water partition coefficient (Wildman–Crippen LogP) is 1.42. The number of urea groups is 1. The van der Waals surface area contributed by atoms with E-state index in [0.717, 1.165) is 45.5 Å². The maximum absolute atomic E-state index is 12.1. The Balaban J connectivity index is 1.54. The fraction of sp³-hybridized carbons (Fsp3) is 0.368. The third-order valence-corrected chi connectivity index (χ3v) is 4.49. The van der Waals surface area contributed by atoms with Crippen molar-refractivity contribution in [2.45, 2.75) is 6.42 Å². The van der Waals surface area contributed by atoms with Crippen LogP contribution in [-0.2, 0) is 4.74 Å². The molecule has 1 aliphatic heterocycles. The van der Waals surface area contributed by atoms with Crippen molar-refractivity contribution in [3.63, 3.8) is 0 Å². The lowest BCUT2D eigenvalue weighted by atomic mass is 10.1. The number of amides is 2. The Kier molecular flexibility index (Phi) is 6.88. The van der Waals surface area contributed by atoms with E-state index in [2.05, 4.69) is 25.5 Å². The molecule has 9 heteroatoms. The smallest absolute Gasteiger partial charge is 0.320 e. The molecule has 3 rings (SSSR count). The topological polar surface area (TPSA) is 129 Å². The van der Waals surface area contributed by atoms with Gasteiger partial charge in [-0.15, -0.1) is 0 Å². The summed E-state index contributed by atoms with van der Waals surface area (Å²) in [6.45, 7) is 4.98. The SMILES string of the molecule is N=C/C(=C\N)c1cnc2ccc(NC(=O)NCCCN3CCOCC3)nc2c1. The van der Waals surface area contributed by atoms with Gasteiger partial charge in [0.15, 0.2) is 0 Å². The molecule has 28 heavy (non-hydrogen) atoms. The molecular weight excluding hydrogens is 358 g/mol. The quantitative estimate of drug-likeness (QED) is 0.423. The monoisotopic (exact) mass is 383 g/mol. The number of allylic oxidation sites excluding steroid dienone is 1. The van der Waals surface area contributed by atoms with Crippen LogP contribution in [0, 0.1) is 5.41 Å². The number of pyridine rings is 2. The average Bonchev–Trinajstić information content (AvgIpc) is 2.73. The van der Waals surface area contributed by atoms with E-state index in [9.17, 15) is 4.79 Å². The minimum Gasteiger partial charge on any atom is -0.404 e. The summed E-state index contributed by atoms with van der Waals surface area (Å²) in [5, 5.41) is 13.0. The first kappa shape index (κ1) is 19.7. The van der Waals surface area contributed by atoms with Gasteiger partial charge in [-0.3, -0.25) is 15.2 Å². The van der Waals surface area contributed by atoms with E-state index in [1.807, 2.05) is 0 Å². The Hall–Kier alpha value is -3.04. The van der Waals surface area contributed by atoms with E-state index in [1.54, 1.807) is 24.4 Å². The second-order valence-corrected chi connectivity index (χ2v) is 6.41. The van der Waals surface area contributed by atoms with E-state index >= 15 is 0 Å². The highest BCUT2D eigenvalue weighted by Crippen LogP contribution is 2.18. The number of anilines is 1. The van der Waals surface area contributed by atoms with Gasteiger partial charge in [0.2, 0.25) is 0 Å². The molecule has 0 spiro atoms. The van der Waals surface area contributed by atoms with Crippen molar-refractivity contribution in [3.05, 3.63) is 36.2 Å². The fourth-order valence-electron chi connectivity index (χ4n) is 2.95. The maximum atomic E-state index is 12.1. The number of nitrogens with zero attached hydrogens (tertiary/aromatic N) is 3. The summed E-state index contributed by atoms with van der Waals surface area (Å²) < 4.78 is 5.32. The van der Waals surface area contributed by atoms with Crippen molar-refractivity contribution in [3.8, 4) is 0 Å². The molecule has 1 saturated heterocycles. The van der Waals surface area contributed by atoms with Crippen molar-refractivity contribution in [2.75, 3.05) is 44.7 Å². The van der Waals surface area contributed by atoms with E-state index in [0.29, 0.717) is 34.5 Å². The van der Waals surface area contributed by atoms with Crippen molar-refractivity contribution in [2.24, 2.45) is 5.73 Å². The highest BCUT2D eigenvalue weighted by Gasteiger charge is 2.10. The number of nitrogens with two attached hydrogens (primary N) is 1. The Bertz CT molecular complexity index is 862. The highest BCUT2D eigenvalue weighted by atomic mass is 16.5. The van der Waals surface area contributed by atoms with Crippen molar-refractivity contribution in [1.82, 2.24) is 20.2 Å². The van der Waals surface area contributed by atoms with Gasteiger partial charge in [0.25, 0.3) is 0 Å². The van der Waals surface area contributed by atoms with Crippen LogP contribution < -0.4 is 16.4 Å². The van der Waals surface area contributed by atoms with Crippen LogP contribution in [0.1, 0.15) is 12.0 Å². The molecule has 1 fully saturated rings. The van der Waals surface area contributed by atoms with Crippen LogP contribution in [0.4, 0.5) is 10.6 Å². The summed E-state index contributed by atoms with van der Waals surface area (Å²) in [6, 6.07) is 4.99. The molecule has 2 aromatic heterocycles. The minimum absolute atomic E-state index is 0.292. The van der Waals surface area contributed by atoms with Crippen LogP contribution >= 0.6 is 0 Å². The number of rotatable bonds is 7. The van der Waals surface area contributed by atoms with Crippen LogP contribution in [0.25, 0.3) is 16.6 Å². The normalized spacial score (nSPS) is 15.4. The molecule has 5 N–H and O–H groups in total. The minimum atomic E-state index is -0.292. The van der Waals surface area contributed by atoms with Crippen LogP contribution in [-0.4, -0.2) is 66.5 Å². The molecule has 0 bridgehead atoms. The lowest BCUT2D eigenvalue weighted by Crippen LogP contribution is -2.38. The molecule has 0 aromatic carbocycles. The maximum Gasteiger partial charge on any atom is 0.320 e. The Morgan fingerprint density at radius 1 is 1.32 bits per heavy atom. The van der Waals surface area contributed by atoms with Crippen LogP contribution in [0.3, 0.4) is 0 Å². The van der Waals surface area contributed by atoms with E-state index < -0.39 is 0 Å². The molecule has 0 radical (unpaired) electrons. The molecule has 1 aliphatic rings. The first-order valence-electron chi connectivity index (χ1n) is 9.24. The van der Waals surface area contributed by atoms with Crippen molar-refractivity contribution in [1.29, 1.82) is 5.41 Å². The molecule has 0 saturated carbocycles. The standard InChI is InChI=1S/C19H25N7O2/c20-11-15(12-21)14-10-17-16(23-13-14)2-3-18(24-17)25-19(27)22-4-1-5-26-6-8-28-9-7-26/h2-3,10-13,20H,1,4-9,21H2,(H2,22,24,25,27)/b15-12+,20-11?. The predicted molar refractivity (Wildman–Crippen MR) is 109 cm³/mol. The van der Waals surface area contributed by atoms with Gasteiger partial charge in [0.1, 0.15) is 5.82 Å². The number of hydrogen-bond acceptors (Lipinski definition) is 7. The number of fused-ring (bicyclic) bond motifs is 1. The summed E-state index contributed by atoms with van der Waals surface area (Å²) >= 11 is 0. The highest BCUT2D eigenvalue weighted by molar-refractivity contribution is 6.08. The van der Waals surface area contributed by atoms with Gasteiger partial charge < -0.3 is 21.2 Å². The number of carbonyl (C=O) groups is 1. The third-order valence-electron chi connectivity index (χ3n) is 4.49. The van der Waals surface area contributed by atoms with Crippen LogP contribution in [0.2, 0.25) is 0 Å². The molecule has 2 aromatic rings. The molecule has 9 nitrogen and oxygen atoms in total. The Morgan fingerprint density at radius 2 is 2.14 bits per heavy atom. The van der Waals surface area contributed by atoms with E-state index in [4.69, 9.17) is 15.9 Å². The number of morpholine rings is 1. The molecule has 148 valence electrons. The van der Waals surface area contributed by atoms with E-state index in [-0.39, 0.29) is 6.03 Å². The van der Waals surface area contributed by atoms with Crippen molar-refractivity contribution >= 4 is 34.7 Å². The van der Waals surface area contributed by atoms with Gasteiger partial charge in [-0.1, -0.05) is 0 Å². The van der Waals surface area contributed by atoms with Gasteiger partial charge in [-0.05, 0) is 31.2 Å². The summed E-state index contributed by atoms with van der Waals surface area (Å²) in [5.74, 6) is 0.435. The third kappa shape index (κ3) is 5.24. The summed E-state index contributed by atoms with van der Waals surface area (Å²) in [6.07, 6.45) is 5.03. The zero-order valence-electron chi connectivity index (χ0n) is 15.6. The van der Waals surface area contributed by atoms with Gasteiger partial charge in [0.05, 0.1) is 24.2 Å². The number of carbonyl (C=O) groups excluding carboxylic acids is 1. The first-order chi connectivity index (χ1) is 13.7. The largest absolute Gasteiger partial charge is 0.404 e. The molecular formula is C19H25N7O2. The van der Waals surface area contributed by atoms with Gasteiger partial charge in [0, 0.05) is 49.4 Å². The summed E-state index contributed by atoms with van der Waals surface area (Å²) in [4.78, 5) is 23.2. The van der Waals surface area contributed by atoms with Gasteiger partial charge >= 0.3 is 6.03 Å². The van der Waals surface area contributed by atoms with Crippen LogP contribution in [0.5, 0.6) is 0 Å². The molecule has 0 unspecified atom stereocenters. The van der Waals surface area contributed by atoms with Gasteiger partial charge in [-0.25, -0.2) is 9.78 Å². The number of ether oxygens (including phenoxy) is 1. The molecule has 0 atom stereocenters. The molecule has 2 amide bonds. The number of aromatic nitrogens is 2. The first-order valence-corrected chi connectivity index (χ1v) is 9.24. The van der Waals surface area contributed by atoms with Crippen LogP contribution in [0.15, 0.2) is 30.6 Å². The summed E-state index contributed by atoms with van der Waals surface area (Å²) in [5.41, 5.74) is 8.08. The Labute approximate surface area is 163 Å². The zero-order valence-corrected chi connectivity index (χ0v) is 15.6. The fourth-order valence-corrected chi connectivity index (χ4v) is 2.95. The van der Waals surface area contributed by atoms with E-state index in [1.165, 1.54) is 6.20 Å². The second kappa shape index (κ2) is 9.77. The summed E-state index contributed by atoms with van der Waals surface area (Å²) in [7, 11) is 0.